The maximum Gasteiger partial charge on any atom is 0.191 e. The number of aryl methyl sites for hydroxylation is 1. The molecule has 0 bridgehead atoms. The lowest BCUT2D eigenvalue weighted by Crippen LogP contribution is -2.02. The Hall–Kier alpha value is -3.41. The average molecular weight is 412 g/mol. The van der Waals surface area contributed by atoms with Crippen LogP contribution in [0.1, 0.15) is 24.5 Å². The molecule has 0 spiro atoms. The first kappa shape index (κ1) is 21.3. The molecule has 3 aromatic carbocycles. The van der Waals surface area contributed by atoms with E-state index >= 15 is 0 Å². The Bertz CT molecular complexity index is 993. The van der Waals surface area contributed by atoms with E-state index in [1.54, 1.807) is 55.6 Å². The van der Waals surface area contributed by atoms with E-state index in [1.165, 1.54) is 19.1 Å². The van der Waals surface area contributed by atoms with Gasteiger partial charge in [0.25, 0.3) is 0 Å². The Labute approximate surface area is 174 Å². The van der Waals surface area contributed by atoms with Gasteiger partial charge >= 0.3 is 0 Å². The monoisotopic (exact) mass is 412 g/mol. The summed E-state index contributed by atoms with van der Waals surface area (Å²) in [7, 11) is 1.59. The van der Waals surface area contributed by atoms with E-state index in [9.17, 15) is 13.6 Å². The first-order valence-corrected chi connectivity index (χ1v) is 9.45. The molecule has 3 aromatic rings. The molecule has 0 atom stereocenters. The zero-order valence-corrected chi connectivity index (χ0v) is 16.8. The van der Waals surface area contributed by atoms with Crippen LogP contribution in [0.15, 0.2) is 60.7 Å². The third-order valence-corrected chi connectivity index (χ3v) is 4.40. The fourth-order valence-corrected chi connectivity index (χ4v) is 2.85. The maximum absolute atomic E-state index is 14.3. The minimum absolute atomic E-state index is 0.0273. The summed E-state index contributed by atoms with van der Waals surface area (Å²) < 4.78 is 44.9. The minimum Gasteiger partial charge on any atom is -0.497 e. The van der Waals surface area contributed by atoms with Crippen LogP contribution in [0, 0.1) is 11.6 Å². The van der Waals surface area contributed by atoms with Crippen molar-refractivity contribution in [3.63, 3.8) is 0 Å². The van der Waals surface area contributed by atoms with Crippen LogP contribution in [-0.4, -0.2) is 12.9 Å². The number of ketones is 1. The number of halogens is 2. The zero-order valence-electron chi connectivity index (χ0n) is 16.8. The summed E-state index contributed by atoms with van der Waals surface area (Å²) in [4.78, 5) is 11.1. The Kier molecular flexibility index (Phi) is 7.01. The van der Waals surface area contributed by atoms with Gasteiger partial charge in [-0.3, -0.25) is 0 Å². The van der Waals surface area contributed by atoms with Crippen LogP contribution in [0.3, 0.4) is 0 Å². The Balaban J connectivity index is 1.65. The van der Waals surface area contributed by atoms with Gasteiger partial charge in [-0.05, 0) is 73.0 Å². The largest absolute Gasteiger partial charge is 0.497 e. The van der Waals surface area contributed by atoms with Gasteiger partial charge in [-0.2, -0.15) is 0 Å². The molecule has 30 heavy (non-hydrogen) atoms. The molecule has 0 fully saturated rings. The van der Waals surface area contributed by atoms with E-state index in [2.05, 4.69) is 0 Å². The van der Waals surface area contributed by atoms with E-state index in [-0.39, 0.29) is 25.2 Å². The lowest BCUT2D eigenvalue weighted by atomic mass is 10.1. The Morgan fingerprint density at radius 1 is 0.867 bits per heavy atom. The van der Waals surface area contributed by atoms with Gasteiger partial charge in [-0.1, -0.05) is 12.1 Å². The molecule has 0 aromatic heterocycles. The Morgan fingerprint density at radius 2 is 1.53 bits per heavy atom. The highest BCUT2D eigenvalue weighted by atomic mass is 19.1. The Morgan fingerprint density at radius 3 is 2.17 bits per heavy atom. The highest BCUT2D eigenvalue weighted by Crippen LogP contribution is 2.27. The summed E-state index contributed by atoms with van der Waals surface area (Å²) in [5.41, 5.74) is 1.11. The number of rotatable bonds is 9. The molecule has 156 valence electrons. The fourth-order valence-electron chi connectivity index (χ4n) is 2.85. The van der Waals surface area contributed by atoms with Gasteiger partial charge in [0.15, 0.2) is 17.4 Å². The van der Waals surface area contributed by atoms with Crippen LogP contribution in [-0.2, 0) is 17.8 Å². The normalized spacial score (nSPS) is 10.5. The van der Waals surface area contributed by atoms with Gasteiger partial charge in [-0.15, -0.1) is 0 Å². The number of hydrogen-bond donors (Lipinski definition) is 0. The third kappa shape index (κ3) is 5.80. The molecule has 0 saturated heterocycles. The maximum atomic E-state index is 14.3. The lowest BCUT2D eigenvalue weighted by Gasteiger charge is -2.12. The van der Waals surface area contributed by atoms with Crippen molar-refractivity contribution < 1.29 is 27.8 Å². The number of carbonyl (C=O) groups excluding carboxylic acids is 1. The molecule has 4 nitrogen and oxygen atoms in total. The minimum atomic E-state index is -0.792. The molecule has 0 unspecified atom stereocenters. The molecule has 0 aliphatic heterocycles. The zero-order chi connectivity index (χ0) is 21.5. The number of methoxy groups -OCH3 is 1. The summed E-state index contributed by atoms with van der Waals surface area (Å²) in [5.74, 6) is -0.135. The molecular weight excluding hydrogens is 390 g/mol. The molecule has 0 amide bonds. The van der Waals surface area contributed by atoms with Gasteiger partial charge in [0.2, 0.25) is 0 Å². The van der Waals surface area contributed by atoms with Gasteiger partial charge in [-0.25, -0.2) is 8.78 Å². The molecule has 0 aliphatic carbocycles. The van der Waals surface area contributed by atoms with Crippen molar-refractivity contribution in [3.8, 4) is 23.0 Å². The predicted molar refractivity (Wildman–Crippen MR) is 109 cm³/mol. The van der Waals surface area contributed by atoms with Crippen LogP contribution < -0.4 is 14.2 Å². The van der Waals surface area contributed by atoms with Crippen molar-refractivity contribution >= 4 is 5.78 Å². The fraction of sp³-hybridized carbons (Fsp3) is 0.208. The standard InChI is InChI=1S/C24H22F2O4/c1-16(27)6-7-17-13-22(25)24(23(26)14-17)29-15-18-4-3-5-21(12-18)30-20-10-8-19(28-2)9-11-20/h3-5,8-14H,6-7,15H2,1-2H3. The third-order valence-electron chi connectivity index (χ3n) is 4.40. The van der Waals surface area contributed by atoms with Crippen molar-refractivity contribution in [1.29, 1.82) is 0 Å². The number of Topliss-reactive ketones (excluding diaryl/α,β-unsaturated/α-hetero) is 1. The lowest BCUT2D eigenvalue weighted by molar-refractivity contribution is -0.116. The summed E-state index contributed by atoms with van der Waals surface area (Å²) in [5, 5.41) is 0. The second-order valence-electron chi connectivity index (χ2n) is 6.80. The number of hydrogen-bond acceptors (Lipinski definition) is 4. The van der Waals surface area contributed by atoms with Gasteiger partial charge in [0, 0.05) is 6.42 Å². The van der Waals surface area contributed by atoms with E-state index in [4.69, 9.17) is 14.2 Å². The second-order valence-corrected chi connectivity index (χ2v) is 6.80. The van der Waals surface area contributed by atoms with Crippen molar-refractivity contribution in [1.82, 2.24) is 0 Å². The summed E-state index contributed by atoms with van der Waals surface area (Å²) in [6.45, 7) is 1.41. The summed E-state index contributed by atoms with van der Waals surface area (Å²) >= 11 is 0. The quantitative estimate of drug-likeness (QED) is 0.441. The molecule has 0 radical (unpaired) electrons. The molecule has 6 heteroatoms. The highest BCUT2D eigenvalue weighted by Gasteiger charge is 2.13. The van der Waals surface area contributed by atoms with Crippen molar-refractivity contribution in [2.24, 2.45) is 0 Å². The van der Waals surface area contributed by atoms with Gasteiger partial charge in [0.05, 0.1) is 7.11 Å². The van der Waals surface area contributed by atoms with Crippen molar-refractivity contribution in [3.05, 3.63) is 83.4 Å². The topological polar surface area (TPSA) is 44.8 Å². The van der Waals surface area contributed by atoms with E-state index in [1.807, 2.05) is 0 Å². The summed E-state index contributed by atoms with van der Waals surface area (Å²) in [6.07, 6.45) is 0.522. The second kappa shape index (κ2) is 9.87. The van der Waals surface area contributed by atoms with Gasteiger partial charge in [0.1, 0.15) is 29.6 Å². The molecule has 0 N–H and O–H groups in total. The van der Waals surface area contributed by atoms with Crippen molar-refractivity contribution in [2.75, 3.05) is 7.11 Å². The van der Waals surface area contributed by atoms with Crippen LogP contribution in [0.4, 0.5) is 8.78 Å². The summed E-state index contributed by atoms with van der Waals surface area (Å²) in [6, 6.07) is 16.6. The van der Waals surface area contributed by atoms with Crippen LogP contribution in [0.2, 0.25) is 0 Å². The van der Waals surface area contributed by atoms with E-state index in [0.717, 1.165) is 5.75 Å². The molecule has 0 saturated carbocycles. The molecular formula is C24H22F2O4. The van der Waals surface area contributed by atoms with E-state index < -0.39 is 17.4 Å². The first-order valence-electron chi connectivity index (χ1n) is 9.45. The average Bonchev–Trinajstić information content (AvgIpc) is 2.72. The van der Waals surface area contributed by atoms with E-state index in [0.29, 0.717) is 22.6 Å². The molecule has 0 heterocycles. The number of carbonyl (C=O) groups is 1. The number of ether oxygens (including phenoxy) is 3. The molecule has 0 aliphatic rings. The van der Waals surface area contributed by atoms with Crippen LogP contribution in [0.25, 0.3) is 0 Å². The first-order chi connectivity index (χ1) is 14.4. The number of benzene rings is 3. The predicted octanol–water partition coefficient (Wildman–Crippen LogP) is 5.87. The van der Waals surface area contributed by atoms with Crippen LogP contribution >= 0.6 is 0 Å². The highest BCUT2D eigenvalue weighted by molar-refractivity contribution is 5.75. The smallest absolute Gasteiger partial charge is 0.191 e. The van der Waals surface area contributed by atoms with Gasteiger partial charge < -0.3 is 19.0 Å². The SMILES string of the molecule is COc1ccc(Oc2cccc(COc3c(F)cc(CCC(C)=O)cc3F)c2)cc1. The van der Waals surface area contributed by atoms with Crippen LogP contribution in [0.5, 0.6) is 23.0 Å². The van der Waals surface area contributed by atoms with Crippen molar-refractivity contribution in [2.45, 2.75) is 26.4 Å². The molecule has 3 rings (SSSR count).